The van der Waals surface area contributed by atoms with Crippen LogP contribution in [0.1, 0.15) is 26.3 Å². The highest BCUT2D eigenvalue weighted by Crippen LogP contribution is 2.19. The van der Waals surface area contributed by atoms with Gasteiger partial charge in [0.1, 0.15) is 0 Å². The average molecular weight is 271 g/mol. The van der Waals surface area contributed by atoms with Crippen molar-refractivity contribution in [2.45, 2.75) is 0 Å². The van der Waals surface area contributed by atoms with Gasteiger partial charge in [0, 0.05) is 11.8 Å². The Bertz CT molecular complexity index is 652. The maximum Gasteiger partial charge on any atom is 0.337 e. The molecule has 0 amide bonds. The summed E-state index contributed by atoms with van der Waals surface area (Å²) in [6.07, 6.45) is 1.54. The smallest absolute Gasteiger partial charge is 0.337 e. The maximum atomic E-state index is 12.4. The zero-order chi connectivity index (χ0) is 14.5. The second-order valence-electron chi connectivity index (χ2n) is 3.96. The van der Waals surface area contributed by atoms with Crippen LogP contribution in [0, 0.1) is 0 Å². The number of carbonyl (C=O) groups excluding carboxylic acids is 2. The van der Waals surface area contributed by atoms with Crippen molar-refractivity contribution in [2.24, 2.45) is 0 Å². The van der Waals surface area contributed by atoms with Crippen LogP contribution < -0.4 is 4.74 Å². The maximum absolute atomic E-state index is 12.4. The van der Waals surface area contributed by atoms with Crippen LogP contribution in [0.25, 0.3) is 0 Å². The normalized spacial score (nSPS) is 9.90. The molecule has 0 aliphatic rings. The number of nitrogens with zero attached hydrogens (tertiary/aromatic N) is 1. The van der Waals surface area contributed by atoms with E-state index in [4.69, 9.17) is 4.74 Å². The van der Waals surface area contributed by atoms with E-state index in [2.05, 4.69) is 9.72 Å². The predicted octanol–water partition coefficient (Wildman–Crippen LogP) is 2.11. The summed E-state index contributed by atoms with van der Waals surface area (Å²) in [4.78, 5) is 27.9. The molecule has 0 radical (unpaired) electrons. The molecule has 0 aliphatic heterocycles. The lowest BCUT2D eigenvalue weighted by atomic mass is 10.0. The first-order valence-electron chi connectivity index (χ1n) is 5.89. The summed E-state index contributed by atoms with van der Waals surface area (Å²) in [6.45, 7) is 0. The van der Waals surface area contributed by atoms with Crippen molar-refractivity contribution in [3.05, 3.63) is 59.3 Å². The Morgan fingerprint density at radius 2 is 1.80 bits per heavy atom. The third-order valence-corrected chi connectivity index (χ3v) is 2.75. The summed E-state index contributed by atoms with van der Waals surface area (Å²) >= 11 is 0. The number of ether oxygens (including phenoxy) is 2. The molecule has 0 aliphatic carbocycles. The van der Waals surface area contributed by atoms with Crippen molar-refractivity contribution in [2.75, 3.05) is 14.2 Å². The Labute approximate surface area is 116 Å². The van der Waals surface area contributed by atoms with Crippen molar-refractivity contribution >= 4 is 11.8 Å². The molecule has 1 aromatic carbocycles. The molecule has 0 saturated carbocycles. The third kappa shape index (κ3) is 2.66. The largest absolute Gasteiger partial charge is 0.480 e. The molecule has 5 heteroatoms. The van der Waals surface area contributed by atoms with Crippen molar-refractivity contribution in [1.29, 1.82) is 0 Å². The molecule has 0 spiro atoms. The number of methoxy groups -OCH3 is 2. The first kappa shape index (κ1) is 13.7. The van der Waals surface area contributed by atoms with Crippen LogP contribution in [0.2, 0.25) is 0 Å². The van der Waals surface area contributed by atoms with E-state index in [0.29, 0.717) is 16.7 Å². The minimum Gasteiger partial charge on any atom is -0.480 e. The summed E-state index contributed by atoms with van der Waals surface area (Å²) in [5.74, 6) is -0.500. The molecule has 0 fully saturated rings. The van der Waals surface area contributed by atoms with Crippen LogP contribution >= 0.6 is 0 Å². The van der Waals surface area contributed by atoms with E-state index in [9.17, 15) is 9.59 Å². The van der Waals surface area contributed by atoms with Gasteiger partial charge < -0.3 is 9.47 Å². The lowest BCUT2D eigenvalue weighted by Gasteiger charge is -2.07. The van der Waals surface area contributed by atoms with Gasteiger partial charge in [0.25, 0.3) is 0 Å². The van der Waals surface area contributed by atoms with Gasteiger partial charge in [-0.05, 0) is 24.3 Å². The minimum absolute atomic E-state index is 0.251. The number of ketones is 1. The second-order valence-corrected chi connectivity index (χ2v) is 3.96. The lowest BCUT2D eigenvalue weighted by Crippen LogP contribution is -2.07. The molecule has 0 atom stereocenters. The van der Waals surface area contributed by atoms with E-state index >= 15 is 0 Å². The molecular weight excluding hydrogens is 258 g/mol. The summed E-state index contributed by atoms with van der Waals surface area (Å²) in [5.41, 5.74) is 1.04. The Balaban J connectivity index is 2.41. The number of carbonyl (C=O) groups is 2. The average Bonchev–Trinajstić information content (AvgIpc) is 2.53. The Hall–Kier alpha value is -2.69. The van der Waals surface area contributed by atoms with Crippen LogP contribution in [-0.4, -0.2) is 31.0 Å². The highest BCUT2D eigenvalue weighted by atomic mass is 16.5. The third-order valence-electron chi connectivity index (χ3n) is 2.75. The fourth-order valence-corrected chi connectivity index (χ4v) is 1.79. The number of hydrogen-bond acceptors (Lipinski definition) is 5. The van der Waals surface area contributed by atoms with E-state index in [-0.39, 0.29) is 11.7 Å². The van der Waals surface area contributed by atoms with E-state index in [1.807, 2.05) is 0 Å². The summed E-state index contributed by atoms with van der Waals surface area (Å²) < 4.78 is 9.70. The van der Waals surface area contributed by atoms with Gasteiger partial charge in [-0.1, -0.05) is 12.1 Å². The quantitative estimate of drug-likeness (QED) is 0.629. The molecule has 5 nitrogen and oxygen atoms in total. The molecular formula is C15H13NO4. The van der Waals surface area contributed by atoms with Gasteiger partial charge in [-0.2, -0.15) is 0 Å². The number of esters is 1. The Morgan fingerprint density at radius 1 is 1.05 bits per heavy atom. The Morgan fingerprint density at radius 3 is 2.50 bits per heavy atom. The van der Waals surface area contributed by atoms with Crippen molar-refractivity contribution in [3.63, 3.8) is 0 Å². The number of pyridine rings is 1. The number of benzene rings is 1. The molecule has 0 N–H and O–H groups in total. The van der Waals surface area contributed by atoms with Crippen LogP contribution in [0.4, 0.5) is 0 Å². The fraction of sp³-hybridized carbons (Fsp3) is 0.133. The first-order valence-corrected chi connectivity index (χ1v) is 5.89. The van der Waals surface area contributed by atoms with Crippen LogP contribution in [0.15, 0.2) is 42.6 Å². The fourth-order valence-electron chi connectivity index (χ4n) is 1.79. The van der Waals surface area contributed by atoms with Crippen molar-refractivity contribution in [1.82, 2.24) is 4.98 Å². The molecule has 0 bridgehead atoms. The minimum atomic E-state index is -0.488. The number of aromatic nitrogens is 1. The van der Waals surface area contributed by atoms with E-state index in [1.54, 1.807) is 36.5 Å². The summed E-state index contributed by atoms with van der Waals surface area (Å²) in [5, 5.41) is 0. The second kappa shape index (κ2) is 5.97. The Kier molecular flexibility index (Phi) is 4.10. The van der Waals surface area contributed by atoms with Crippen molar-refractivity contribution in [3.8, 4) is 5.88 Å². The summed E-state index contributed by atoms with van der Waals surface area (Å²) in [7, 11) is 2.74. The van der Waals surface area contributed by atoms with Crippen LogP contribution in [0.5, 0.6) is 5.88 Å². The highest BCUT2D eigenvalue weighted by molar-refractivity contribution is 6.11. The van der Waals surface area contributed by atoms with Gasteiger partial charge in [-0.15, -0.1) is 0 Å². The molecule has 0 unspecified atom stereocenters. The van der Waals surface area contributed by atoms with Gasteiger partial charge in [0.15, 0.2) is 5.78 Å². The van der Waals surface area contributed by atoms with Crippen LogP contribution in [-0.2, 0) is 4.74 Å². The SMILES string of the molecule is COC(=O)c1cccc(C(=O)c2cccnc2OC)c1. The van der Waals surface area contributed by atoms with Gasteiger partial charge >= 0.3 is 5.97 Å². The number of hydrogen-bond donors (Lipinski definition) is 0. The zero-order valence-corrected chi connectivity index (χ0v) is 11.1. The highest BCUT2D eigenvalue weighted by Gasteiger charge is 2.16. The zero-order valence-electron chi connectivity index (χ0n) is 11.1. The standard InChI is InChI=1S/C15H13NO4/c1-19-14-12(7-4-8-16-14)13(17)10-5-3-6-11(9-10)15(18)20-2/h3-9H,1-2H3. The van der Waals surface area contributed by atoms with Gasteiger partial charge in [0.2, 0.25) is 5.88 Å². The van der Waals surface area contributed by atoms with E-state index in [0.717, 1.165) is 0 Å². The monoisotopic (exact) mass is 271 g/mol. The molecule has 1 aromatic heterocycles. The number of rotatable bonds is 4. The molecule has 2 rings (SSSR count). The van der Waals surface area contributed by atoms with Gasteiger partial charge in [-0.3, -0.25) is 4.79 Å². The lowest BCUT2D eigenvalue weighted by molar-refractivity contribution is 0.0600. The van der Waals surface area contributed by atoms with E-state index < -0.39 is 5.97 Å². The predicted molar refractivity (Wildman–Crippen MR) is 72.0 cm³/mol. The van der Waals surface area contributed by atoms with Gasteiger partial charge in [0.05, 0.1) is 25.3 Å². The molecule has 102 valence electrons. The molecule has 20 heavy (non-hydrogen) atoms. The topological polar surface area (TPSA) is 65.5 Å². The molecule has 1 heterocycles. The van der Waals surface area contributed by atoms with E-state index in [1.165, 1.54) is 20.3 Å². The van der Waals surface area contributed by atoms with Gasteiger partial charge in [-0.25, -0.2) is 9.78 Å². The first-order chi connectivity index (χ1) is 9.67. The summed E-state index contributed by atoms with van der Waals surface area (Å²) in [6, 6.07) is 9.60. The van der Waals surface area contributed by atoms with Crippen LogP contribution in [0.3, 0.4) is 0 Å². The molecule has 0 saturated heterocycles. The molecule has 2 aromatic rings. The van der Waals surface area contributed by atoms with Crippen molar-refractivity contribution < 1.29 is 19.1 Å².